The lowest BCUT2D eigenvalue weighted by molar-refractivity contribution is 0.478. The molecule has 3 aromatic rings. The summed E-state index contributed by atoms with van der Waals surface area (Å²) in [6, 6.07) is 9.10. The van der Waals surface area contributed by atoms with Crippen molar-refractivity contribution in [1.82, 2.24) is 20.0 Å². The molecular weight excluding hydrogens is 230 g/mol. The minimum absolute atomic E-state index is 0.639. The number of hydrogen-bond donors (Lipinski definition) is 1. The van der Waals surface area contributed by atoms with Gasteiger partial charge in [-0.25, -0.2) is 4.52 Å². The first kappa shape index (κ1) is 10.5. The number of fused-ring (bicyclic) bond motifs is 1. The zero-order chi connectivity index (χ0) is 12.5. The number of rotatable bonds is 2. The molecule has 0 aliphatic carbocycles. The molecule has 0 unspecified atom stereocenters. The molecule has 0 atom stereocenters. The van der Waals surface area contributed by atoms with E-state index in [9.17, 15) is 0 Å². The lowest BCUT2D eigenvalue weighted by Gasteiger charge is -2.08. The number of tetrazole rings is 1. The van der Waals surface area contributed by atoms with E-state index in [1.807, 2.05) is 19.1 Å². The average molecular weight is 241 g/mol. The van der Waals surface area contributed by atoms with Crippen LogP contribution in [0.3, 0.4) is 0 Å². The number of nitrogens with two attached hydrogens (primary N) is 1. The van der Waals surface area contributed by atoms with Gasteiger partial charge in [0.2, 0.25) is 0 Å². The lowest BCUT2D eigenvalue weighted by Crippen LogP contribution is -1.92. The fraction of sp³-hybridized carbons (Fsp3) is 0.0833. The fourth-order valence-electron chi connectivity index (χ4n) is 1.70. The molecule has 0 saturated heterocycles. The summed E-state index contributed by atoms with van der Waals surface area (Å²) in [5, 5.41) is 11.2. The SMILES string of the molecule is Cc1cc(N)ccc1Oc1ccn2nnnc2c1. The molecule has 0 amide bonds. The van der Waals surface area contributed by atoms with E-state index in [0.29, 0.717) is 11.4 Å². The van der Waals surface area contributed by atoms with Gasteiger partial charge in [-0.05, 0) is 47.2 Å². The Labute approximate surface area is 103 Å². The van der Waals surface area contributed by atoms with Crippen LogP contribution in [-0.4, -0.2) is 20.0 Å². The van der Waals surface area contributed by atoms with Crippen LogP contribution in [-0.2, 0) is 0 Å². The van der Waals surface area contributed by atoms with E-state index in [1.165, 1.54) is 0 Å². The highest BCUT2D eigenvalue weighted by atomic mass is 16.5. The van der Waals surface area contributed by atoms with Crippen LogP contribution in [0.5, 0.6) is 11.5 Å². The summed E-state index contributed by atoms with van der Waals surface area (Å²) in [7, 11) is 0. The summed E-state index contributed by atoms with van der Waals surface area (Å²) in [6.45, 7) is 1.95. The van der Waals surface area contributed by atoms with E-state index < -0.39 is 0 Å². The number of pyridine rings is 1. The minimum atomic E-state index is 0.639. The third-order valence-electron chi connectivity index (χ3n) is 2.60. The monoisotopic (exact) mass is 241 g/mol. The van der Waals surface area contributed by atoms with Crippen molar-refractivity contribution in [3.63, 3.8) is 0 Å². The van der Waals surface area contributed by atoms with Gasteiger partial charge in [0.05, 0.1) is 0 Å². The largest absolute Gasteiger partial charge is 0.457 e. The lowest BCUT2D eigenvalue weighted by atomic mass is 10.2. The third kappa shape index (κ3) is 1.84. The predicted molar refractivity (Wildman–Crippen MR) is 66.4 cm³/mol. The van der Waals surface area contributed by atoms with Crippen molar-refractivity contribution in [2.24, 2.45) is 0 Å². The molecule has 18 heavy (non-hydrogen) atoms. The molecule has 0 spiro atoms. The molecule has 0 bridgehead atoms. The number of aromatic nitrogens is 4. The normalized spacial score (nSPS) is 10.7. The predicted octanol–water partition coefficient (Wildman–Crippen LogP) is 1.81. The van der Waals surface area contributed by atoms with Gasteiger partial charge in [0, 0.05) is 18.0 Å². The maximum absolute atomic E-state index is 5.78. The summed E-state index contributed by atoms with van der Waals surface area (Å²) >= 11 is 0. The van der Waals surface area contributed by atoms with E-state index >= 15 is 0 Å². The zero-order valence-electron chi connectivity index (χ0n) is 9.74. The van der Waals surface area contributed by atoms with Crippen LogP contribution in [0.2, 0.25) is 0 Å². The summed E-state index contributed by atoms with van der Waals surface area (Å²) < 4.78 is 7.35. The van der Waals surface area contributed by atoms with E-state index in [2.05, 4.69) is 15.5 Å². The maximum Gasteiger partial charge on any atom is 0.182 e. The first-order valence-corrected chi connectivity index (χ1v) is 5.44. The van der Waals surface area contributed by atoms with Gasteiger partial charge >= 0.3 is 0 Å². The highest BCUT2D eigenvalue weighted by molar-refractivity contribution is 5.49. The second-order valence-corrected chi connectivity index (χ2v) is 3.97. The highest BCUT2D eigenvalue weighted by Crippen LogP contribution is 2.26. The van der Waals surface area contributed by atoms with E-state index in [1.54, 1.807) is 28.9 Å². The van der Waals surface area contributed by atoms with Gasteiger partial charge < -0.3 is 10.5 Å². The molecule has 0 aliphatic heterocycles. The maximum atomic E-state index is 5.78. The Bertz CT molecular complexity index is 707. The van der Waals surface area contributed by atoms with E-state index in [4.69, 9.17) is 10.5 Å². The smallest absolute Gasteiger partial charge is 0.182 e. The summed E-state index contributed by atoms with van der Waals surface area (Å²) in [6.07, 6.45) is 1.75. The highest BCUT2D eigenvalue weighted by Gasteiger charge is 2.04. The van der Waals surface area contributed by atoms with Gasteiger partial charge in [-0.1, -0.05) is 0 Å². The van der Waals surface area contributed by atoms with Crippen LogP contribution in [0, 0.1) is 6.92 Å². The third-order valence-corrected chi connectivity index (χ3v) is 2.60. The minimum Gasteiger partial charge on any atom is -0.457 e. The van der Waals surface area contributed by atoms with Gasteiger partial charge in [0.1, 0.15) is 11.5 Å². The van der Waals surface area contributed by atoms with Crippen molar-refractivity contribution in [3.8, 4) is 11.5 Å². The molecule has 6 nitrogen and oxygen atoms in total. The molecule has 6 heteroatoms. The first-order valence-electron chi connectivity index (χ1n) is 5.44. The molecule has 2 aromatic heterocycles. The summed E-state index contributed by atoms with van der Waals surface area (Å²) in [5.74, 6) is 1.45. The Balaban J connectivity index is 1.95. The molecule has 2 heterocycles. The summed E-state index contributed by atoms with van der Waals surface area (Å²) in [5.41, 5.74) is 8.04. The second-order valence-electron chi connectivity index (χ2n) is 3.97. The number of nitrogen functional groups attached to an aromatic ring is 1. The Morgan fingerprint density at radius 3 is 2.94 bits per heavy atom. The van der Waals surface area contributed by atoms with Crippen molar-refractivity contribution >= 4 is 11.3 Å². The van der Waals surface area contributed by atoms with Gasteiger partial charge in [-0.3, -0.25) is 0 Å². The molecule has 0 saturated carbocycles. The van der Waals surface area contributed by atoms with Crippen molar-refractivity contribution < 1.29 is 4.74 Å². The van der Waals surface area contributed by atoms with Crippen molar-refractivity contribution in [2.45, 2.75) is 6.92 Å². The first-order chi connectivity index (χ1) is 8.72. The number of aryl methyl sites for hydroxylation is 1. The molecular formula is C12H11N5O. The molecule has 90 valence electrons. The molecule has 0 fully saturated rings. The Morgan fingerprint density at radius 2 is 2.11 bits per heavy atom. The van der Waals surface area contributed by atoms with Crippen LogP contribution in [0.1, 0.15) is 5.56 Å². The van der Waals surface area contributed by atoms with Crippen molar-refractivity contribution in [1.29, 1.82) is 0 Å². The zero-order valence-corrected chi connectivity index (χ0v) is 9.74. The molecule has 0 aliphatic rings. The molecule has 2 N–H and O–H groups in total. The van der Waals surface area contributed by atoms with E-state index in [-0.39, 0.29) is 0 Å². The Morgan fingerprint density at radius 1 is 1.22 bits per heavy atom. The average Bonchev–Trinajstić information content (AvgIpc) is 2.80. The van der Waals surface area contributed by atoms with Gasteiger partial charge in [-0.2, -0.15) is 0 Å². The number of nitrogens with zero attached hydrogens (tertiary/aromatic N) is 4. The summed E-state index contributed by atoms with van der Waals surface area (Å²) in [4.78, 5) is 0. The quantitative estimate of drug-likeness (QED) is 0.692. The van der Waals surface area contributed by atoms with Crippen LogP contribution >= 0.6 is 0 Å². The van der Waals surface area contributed by atoms with Crippen molar-refractivity contribution in [3.05, 3.63) is 42.1 Å². The molecule has 0 radical (unpaired) electrons. The van der Waals surface area contributed by atoms with E-state index in [0.717, 1.165) is 17.0 Å². The number of ether oxygens (including phenoxy) is 1. The van der Waals surface area contributed by atoms with Crippen LogP contribution in [0.4, 0.5) is 5.69 Å². The van der Waals surface area contributed by atoms with Gasteiger partial charge in [0.15, 0.2) is 5.65 Å². The van der Waals surface area contributed by atoms with Gasteiger partial charge in [-0.15, -0.1) is 5.10 Å². The fourth-order valence-corrected chi connectivity index (χ4v) is 1.70. The van der Waals surface area contributed by atoms with Crippen LogP contribution in [0.25, 0.3) is 5.65 Å². The number of hydrogen-bond acceptors (Lipinski definition) is 5. The molecule has 3 rings (SSSR count). The molecule has 1 aromatic carbocycles. The standard InChI is InChI=1S/C12H11N5O/c1-8-6-9(13)2-3-11(8)18-10-4-5-17-12(7-10)14-15-16-17/h2-7H,13H2,1H3. The van der Waals surface area contributed by atoms with Crippen molar-refractivity contribution in [2.75, 3.05) is 5.73 Å². The topological polar surface area (TPSA) is 78.3 Å². The number of anilines is 1. The van der Waals surface area contributed by atoms with Crippen LogP contribution in [0.15, 0.2) is 36.5 Å². The Hall–Kier alpha value is -2.63. The second kappa shape index (κ2) is 3.99. The van der Waals surface area contributed by atoms with Crippen LogP contribution < -0.4 is 10.5 Å². The Kier molecular flexibility index (Phi) is 2.33. The number of benzene rings is 1. The van der Waals surface area contributed by atoms with Gasteiger partial charge in [0.25, 0.3) is 0 Å².